The van der Waals surface area contributed by atoms with Crippen molar-refractivity contribution in [2.45, 2.75) is 25.8 Å². The summed E-state index contributed by atoms with van der Waals surface area (Å²) in [6, 6.07) is 2.88. The Bertz CT molecular complexity index is 436. The largest absolute Gasteiger partial charge is 0.381 e. The smallest absolute Gasteiger partial charge is 0.173 e. The third-order valence-electron chi connectivity index (χ3n) is 3.56. The Kier molecular flexibility index (Phi) is 5.30. The van der Waals surface area contributed by atoms with Crippen molar-refractivity contribution >= 4 is 15.9 Å². The van der Waals surface area contributed by atoms with Crippen molar-refractivity contribution in [2.24, 2.45) is 5.92 Å². The zero-order valence-electron chi connectivity index (χ0n) is 10.9. The van der Waals surface area contributed by atoms with Crippen LogP contribution < -0.4 is 5.32 Å². The molecule has 106 valence electrons. The molecule has 1 aromatic rings. The molecule has 0 saturated carbocycles. The van der Waals surface area contributed by atoms with Crippen molar-refractivity contribution in [1.82, 2.24) is 5.32 Å². The Morgan fingerprint density at radius 3 is 2.68 bits per heavy atom. The van der Waals surface area contributed by atoms with E-state index in [2.05, 4.69) is 21.2 Å². The molecular formula is C14H18BrF2NO. The molecule has 1 N–H and O–H groups in total. The summed E-state index contributed by atoms with van der Waals surface area (Å²) in [6.45, 7) is 4.26. The van der Waals surface area contributed by atoms with E-state index in [1.807, 2.05) is 6.92 Å². The van der Waals surface area contributed by atoms with Crippen LogP contribution in [0, 0.1) is 17.6 Å². The van der Waals surface area contributed by atoms with E-state index in [9.17, 15) is 8.78 Å². The van der Waals surface area contributed by atoms with E-state index in [4.69, 9.17) is 4.74 Å². The predicted octanol–water partition coefficient (Wildman–Crippen LogP) is 3.80. The molecule has 1 unspecified atom stereocenters. The highest BCUT2D eigenvalue weighted by atomic mass is 79.9. The number of ether oxygens (including phenoxy) is 1. The van der Waals surface area contributed by atoms with Crippen molar-refractivity contribution in [2.75, 3.05) is 19.8 Å². The lowest BCUT2D eigenvalue weighted by molar-refractivity contribution is 0.0537. The Labute approximate surface area is 120 Å². The summed E-state index contributed by atoms with van der Waals surface area (Å²) in [5.41, 5.74) is 0.785. The molecule has 2 nitrogen and oxygen atoms in total. The van der Waals surface area contributed by atoms with Crippen LogP contribution in [0.1, 0.15) is 31.4 Å². The first kappa shape index (κ1) is 14.9. The van der Waals surface area contributed by atoms with E-state index in [-0.39, 0.29) is 10.5 Å². The fourth-order valence-corrected chi connectivity index (χ4v) is 3.15. The summed E-state index contributed by atoms with van der Waals surface area (Å²) in [5, 5.41) is 3.38. The molecule has 19 heavy (non-hydrogen) atoms. The lowest BCUT2D eigenvalue weighted by Crippen LogP contribution is -2.32. The minimum absolute atomic E-state index is 0.0263. The molecule has 1 aliphatic rings. The van der Waals surface area contributed by atoms with Gasteiger partial charge in [-0.05, 0) is 52.9 Å². The predicted molar refractivity (Wildman–Crippen MR) is 74.0 cm³/mol. The minimum atomic E-state index is -0.821. The number of hydrogen-bond donors (Lipinski definition) is 1. The number of rotatable bonds is 4. The lowest BCUT2D eigenvalue weighted by atomic mass is 9.87. The second-order valence-electron chi connectivity index (χ2n) is 4.75. The molecule has 0 aliphatic carbocycles. The van der Waals surface area contributed by atoms with Crippen LogP contribution >= 0.6 is 15.9 Å². The molecule has 5 heteroatoms. The third-order valence-corrected chi connectivity index (χ3v) is 4.37. The second-order valence-corrected chi connectivity index (χ2v) is 5.54. The second kappa shape index (κ2) is 6.77. The SMILES string of the molecule is CCNC(c1ccc(F)c(F)c1Br)C1CCOCC1. The summed E-state index contributed by atoms with van der Waals surface area (Å²) in [7, 11) is 0. The maximum Gasteiger partial charge on any atom is 0.173 e. The molecule has 1 atom stereocenters. The summed E-state index contributed by atoms with van der Waals surface area (Å²) < 4.78 is 32.5. The Morgan fingerprint density at radius 2 is 2.05 bits per heavy atom. The van der Waals surface area contributed by atoms with Crippen LogP contribution in [0.25, 0.3) is 0 Å². The molecule has 1 fully saturated rings. The zero-order valence-corrected chi connectivity index (χ0v) is 12.5. The maximum absolute atomic E-state index is 13.7. The average molecular weight is 334 g/mol. The van der Waals surface area contributed by atoms with Crippen LogP contribution in [0.15, 0.2) is 16.6 Å². The van der Waals surface area contributed by atoms with Crippen LogP contribution in [-0.4, -0.2) is 19.8 Å². The van der Waals surface area contributed by atoms with Crippen molar-refractivity contribution in [3.8, 4) is 0 Å². The van der Waals surface area contributed by atoms with Gasteiger partial charge in [0.05, 0.1) is 4.47 Å². The molecule has 1 heterocycles. The van der Waals surface area contributed by atoms with Crippen molar-refractivity contribution in [1.29, 1.82) is 0 Å². The molecule has 0 amide bonds. The van der Waals surface area contributed by atoms with Gasteiger partial charge < -0.3 is 10.1 Å². The molecule has 1 aliphatic heterocycles. The van der Waals surface area contributed by atoms with Gasteiger partial charge in [-0.15, -0.1) is 0 Å². The topological polar surface area (TPSA) is 21.3 Å². The van der Waals surface area contributed by atoms with E-state index in [1.165, 1.54) is 6.07 Å². The van der Waals surface area contributed by atoms with Gasteiger partial charge >= 0.3 is 0 Å². The standard InChI is InChI=1S/C14H18BrF2NO/c1-2-18-14(9-5-7-19-8-6-9)10-3-4-11(16)13(17)12(10)15/h3-4,9,14,18H,2,5-8H2,1H3. The van der Waals surface area contributed by atoms with Crippen LogP contribution in [-0.2, 0) is 4.74 Å². The molecule has 1 aromatic carbocycles. The number of hydrogen-bond acceptors (Lipinski definition) is 2. The zero-order chi connectivity index (χ0) is 13.8. The monoisotopic (exact) mass is 333 g/mol. The molecular weight excluding hydrogens is 316 g/mol. The number of halogens is 3. The maximum atomic E-state index is 13.7. The van der Waals surface area contributed by atoms with Gasteiger partial charge in [0.2, 0.25) is 0 Å². The van der Waals surface area contributed by atoms with Crippen molar-refractivity contribution in [3.05, 3.63) is 33.8 Å². The van der Waals surface area contributed by atoms with E-state index in [1.54, 1.807) is 6.07 Å². The van der Waals surface area contributed by atoms with Gasteiger partial charge in [-0.1, -0.05) is 13.0 Å². The Morgan fingerprint density at radius 1 is 1.37 bits per heavy atom. The van der Waals surface area contributed by atoms with Gasteiger partial charge in [0.1, 0.15) is 0 Å². The van der Waals surface area contributed by atoms with Crippen LogP contribution in [0.4, 0.5) is 8.78 Å². The van der Waals surface area contributed by atoms with Gasteiger partial charge in [-0.2, -0.15) is 0 Å². The fourth-order valence-electron chi connectivity index (χ4n) is 2.58. The van der Waals surface area contributed by atoms with Gasteiger partial charge in [0, 0.05) is 19.3 Å². The van der Waals surface area contributed by atoms with Gasteiger partial charge in [-0.25, -0.2) is 8.78 Å². The van der Waals surface area contributed by atoms with E-state index in [0.717, 1.165) is 38.2 Å². The van der Waals surface area contributed by atoms with Gasteiger partial charge in [0.25, 0.3) is 0 Å². The number of nitrogens with one attached hydrogen (secondary N) is 1. The molecule has 0 aromatic heterocycles. The highest BCUT2D eigenvalue weighted by Crippen LogP contribution is 2.35. The highest BCUT2D eigenvalue weighted by Gasteiger charge is 2.27. The normalized spacial score (nSPS) is 18.5. The molecule has 0 spiro atoms. The lowest BCUT2D eigenvalue weighted by Gasteiger charge is -2.32. The minimum Gasteiger partial charge on any atom is -0.381 e. The third kappa shape index (κ3) is 3.33. The van der Waals surface area contributed by atoms with Crippen LogP contribution in [0.3, 0.4) is 0 Å². The molecule has 0 radical (unpaired) electrons. The number of benzene rings is 1. The average Bonchev–Trinajstić information content (AvgIpc) is 2.44. The Hall–Kier alpha value is -0.520. The first-order valence-corrected chi connectivity index (χ1v) is 7.39. The van der Waals surface area contributed by atoms with Gasteiger partial charge in [0.15, 0.2) is 11.6 Å². The Balaban J connectivity index is 2.30. The molecule has 1 saturated heterocycles. The van der Waals surface area contributed by atoms with Crippen LogP contribution in [0.2, 0.25) is 0 Å². The van der Waals surface area contributed by atoms with E-state index < -0.39 is 11.6 Å². The molecule has 2 rings (SSSR count). The summed E-state index contributed by atoms with van der Waals surface area (Å²) in [5.74, 6) is -1.25. The molecule has 0 bridgehead atoms. The van der Waals surface area contributed by atoms with E-state index in [0.29, 0.717) is 5.92 Å². The fraction of sp³-hybridized carbons (Fsp3) is 0.571. The van der Waals surface area contributed by atoms with Crippen molar-refractivity contribution in [3.63, 3.8) is 0 Å². The first-order valence-electron chi connectivity index (χ1n) is 6.59. The summed E-state index contributed by atoms with van der Waals surface area (Å²) in [4.78, 5) is 0. The quantitative estimate of drug-likeness (QED) is 0.846. The summed E-state index contributed by atoms with van der Waals surface area (Å²) >= 11 is 3.18. The first-order chi connectivity index (χ1) is 9.15. The highest BCUT2D eigenvalue weighted by molar-refractivity contribution is 9.10. The van der Waals surface area contributed by atoms with Crippen LogP contribution in [0.5, 0.6) is 0 Å². The van der Waals surface area contributed by atoms with Gasteiger partial charge in [-0.3, -0.25) is 0 Å². The van der Waals surface area contributed by atoms with Crippen molar-refractivity contribution < 1.29 is 13.5 Å². The van der Waals surface area contributed by atoms with E-state index >= 15 is 0 Å². The summed E-state index contributed by atoms with van der Waals surface area (Å²) in [6.07, 6.45) is 1.87.